The summed E-state index contributed by atoms with van der Waals surface area (Å²) in [5.74, 6) is 1.48. The molecule has 0 unspecified atom stereocenters. The Morgan fingerprint density at radius 2 is 1.92 bits per heavy atom. The van der Waals surface area contributed by atoms with Gasteiger partial charge in [-0.15, -0.1) is 11.6 Å². The van der Waals surface area contributed by atoms with E-state index in [1.807, 2.05) is 30.3 Å². The molecular weight excluding hydrogens is 322 g/mol. The van der Waals surface area contributed by atoms with Crippen LogP contribution in [0, 0.1) is 0 Å². The molecule has 1 heterocycles. The molecule has 0 spiro atoms. The lowest BCUT2D eigenvalue weighted by atomic mass is 10.1. The number of benzene rings is 2. The zero-order valence-electron chi connectivity index (χ0n) is 13.8. The summed E-state index contributed by atoms with van der Waals surface area (Å²) >= 11 is 5.66. The van der Waals surface area contributed by atoms with Gasteiger partial charge in [0.25, 0.3) is 0 Å². The van der Waals surface area contributed by atoms with Crippen LogP contribution >= 0.6 is 11.6 Å². The molecule has 4 nitrogen and oxygen atoms in total. The highest BCUT2D eigenvalue weighted by molar-refractivity contribution is 6.18. The summed E-state index contributed by atoms with van der Waals surface area (Å²) in [6.07, 6.45) is 1.01. The molecule has 3 aromatic rings. The van der Waals surface area contributed by atoms with Crippen LogP contribution in [0.5, 0.6) is 5.75 Å². The average Bonchev–Trinajstić information content (AvgIpc) is 2.62. The monoisotopic (exact) mass is 343 g/mol. The number of para-hydroxylation sites is 1. The van der Waals surface area contributed by atoms with Crippen LogP contribution in [-0.2, 0) is 0 Å². The number of alkyl halides is 1. The van der Waals surface area contributed by atoms with Crippen LogP contribution in [0.15, 0.2) is 42.5 Å². The van der Waals surface area contributed by atoms with E-state index in [0.717, 1.165) is 59.3 Å². The van der Waals surface area contributed by atoms with Gasteiger partial charge >= 0.3 is 0 Å². The van der Waals surface area contributed by atoms with Crippen molar-refractivity contribution >= 4 is 39.1 Å². The summed E-state index contributed by atoms with van der Waals surface area (Å²) in [4.78, 5) is 4.76. The topological polar surface area (TPSA) is 46.2 Å². The first kappa shape index (κ1) is 16.8. The number of aromatic nitrogens is 1. The van der Waals surface area contributed by atoms with E-state index in [1.165, 1.54) is 0 Å². The van der Waals surface area contributed by atoms with Gasteiger partial charge in [-0.25, -0.2) is 4.98 Å². The fourth-order valence-corrected chi connectivity index (χ4v) is 2.93. The van der Waals surface area contributed by atoms with Gasteiger partial charge in [0.2, 0.25) is 0 Å². The Bertz CT molecular complexity index is 822. The molecule has 0 aliphatic heterocycles. The largest absolute Gasteiger partial charge is 0.495 e. The molecule has 0 radical (unpaired) electrons. The van der Waals surface area contributed by atoms with E-state index >= 15 is 0 Å². The number of hydrogen-bond acceptors (Lipinski definition) is 4. The number of nitrogens with zero attached hydrogens (tertiary/aromatic N) is 1. The van der Waals surface area contributed by atoms with Crippen molar-refractivity contribution in [2.45, 2.75) is 6.42 Å². The van der Waals surface area contributed by atoms with Crippen molar-refractivity contribution in [2.24, 2.45) is 0 Å². The van der Waals surface area contributed by atoms with Crippen LogP contribution in [0.4, 0.5) is 5.69 Å². The molecule has 0 atom stereocenters. The SMILES string of the molecule is COc1ccc2nc3ccccc3cc2c1NCCCNCCCl. The van der Waals surface area contributed by atoms with E-state index in [2.05, 4.69) is 22.8 Å². The number of methoxy groups -OCH3 is 1. The van der Waals surface area contributed by atoms with Crippen LogP contribution in [0.1, 0.15) is 6.42 Å². The highest BCUT2D eigenvalue weighted by Crippen LogP contribution is 2.34. The average molecular weight is 344 g/mol. The predicted molar refractivity (Wildman–Crippen MR) is 102 cm³/mol. The minimum Gasteiger partial charge on any atom is -0.495 e. The Balaban J connectivity index is 1.87. The first-order valence-corrected chi connectivity index (χ1v) is 8.74. The summed E-state index contributed by atoms with van der Waals surface area (Å²) < 4.78 is 5.54. The molecule has 0 aliphatic carbocycles. The lowest BCUT2D eigenvalue weighted by molar-refractivity contribution is 0.417. The number of nitrogens with one attached hydrogen (secondary N) is 2. The molecular formula is C19H22ClN3O. The van der Waals surface area contributed by atoms with E-state index in [0.29, 0.717) is 5.88 Å². The van der Waals surface area contributed by atoms with E-state index in [9.17, 15) is 0 Å². The number of rotatable bonds is 8. The zero-order valence-corrected chi connectivity index (χ0v) is 14.6. The van der Waals surface area contributed by atoms with Crippen LogP contribution in [0.2, 0.25) is 0 Å². The minimum absolute atomic E-state index is 0.642. The molecule has 0 bridgehead atoms. The first-order valence-electron chi connectivity index (χ1n) is 8.20. The van der Waals surface area contributed by atoms with Crippen molar-refractivity contribution < 1.29 is 4.74 Å². The Morgan fingerprint density at radius 1 is 1.04 bits per heavy atom. The van der Waals surface area contributed by atoms with Crippen molar-refractivity contribution in [3.63, 3.8) is 0 Å². The second kappa shape index (κ2) is 8.18. The number of anilines is 1. The molecule has 0 aliphatic rings. The summed E-state index contributed by atoms with van der Waals surface area (Å²) in [6.45, 7) is 2.64. The van der Waals surface area contributed by atoms with Gasteiger partial charge in [0.05, 0.1) is 23.8 Å². The minimum atomic E-state index is 0.642. The maximum atomic E-state index is 5.66. The van der Waals surface area contributed by atoms with Crippen molar-refractivity contribution in [2.75, 3.05) is 37.9 Å². The maximum Gasteiger partial charge on any atom is 0.142 e. The van der Waals surface area contributed by atoms with E-state index < -0.39 is 0 Å². The second-order valence-electron chi connectivity index (χ2n) is 5.61. The number of halogens is 1. The highest BCUT2D eigenvalue weighted by Gasteiger charge is 2.10. The van der Waals surface area contributed by atoms with Gasteiger partial charge in [-0.1, -0.05) is 18.2 Å². The molecule has 24 heavy (non-hydrogen) atoms. The van der Waals surface area contributed by atoms with Gasteiger partial charge in [0.15, 0.2) is 0 Å². The maximum absolute atomic E-state index is 5.66. The van der Waals surface area contributed by atoms with Gasteiger partial charge in [0, 0.05) is 29.7 Å². The van der Waals surface area contributed by atoms with Crippen LogP contribution in [-0.4, -0.2) is 37.6 Å². The van der Waals surface area contributed by atoms with Crippen molar-refractivity contribution in [3.8, 4) is 5.75 Å². The normalized spacial score (nSPS) is 11.1. The molecule has 3 rings (SSSR count). The highest BCUT2D eigenvalue weighted by atomic mass is 35.5. The third-order valence-corrected chi connectivity index (χ3v) is 4.17. The van der Waals surface area contributed by atoms with Gasteiger partial charge in [-0.05, 0) is 37.2 Å². The van der Waals surface area contributed by atoms with Crippen LogP contribution in [0.3, 0.4) is 0 Å². The van der Waals surface area contributed by atoms with Gasteiger partial charge in [-0.3, -0.25) is 0 Å². The fraction of sp³-hybridized carbons (Fsp3) is 0.316. The lowest BCUT2D eigenvalue weighted by Gasteiger charge is -2.14. The van der Waals surface area contributed by atoms with Crippen LogP contribution < -0.4 is 15.4 Å². The quantitative estimate of drug-likeness (QED) is 0.368. The Morgan fingerprint density at radius 3 is 2.75 bits per heavy atom. The fourth-order valence-electron chi connectivity index (χ4n) is 2.80. The zero-order chi connectivity index (χ0) is 16.8. The van der Waals surface area contributed by atoms with E-state index in [1.54, 1.807) is 7.11 Å². The molecule has 0 fully saturated rings. The smallest absolute Gasteiger partial charge is 0.142 e. The third kappa shape index (κ3) is 3.71. The lowest BCUT2D eigenvalue weighted by Crippen LogP contribution is -2.20. The van der Waals surface area contributed by atoms with Crippen molar-refractivity contribution in [1.82, 2.24) is 10.3 Å². The molecule has 0 saturated carbocycles. The number of fused-ring (bicyclic) bond motifs is 2. The molecule has 126 valence electrons. The summed E-state index contributed by atoms with van der Waals surface area (Å²) in [7, 11) is 1.70. The number of pyridine rings is 1. The van der Waals surface area contributed by atoms with Gasteiger partial charge in [0.1, 0.15) is 5.75 Å². The van der Waals surface area contributed by atoms with E-state index in [4.69, 9.17) is 21.3 Å². The second-order valence-corrected chi connectivity index (χ2v) is 5.99. The van der Waals surface area contributed by atoms with Crippen LogP contribution in [0.25, 0.3) is 21.8 Å². The first-order chi connectivity index (χ1) is 11.8. The Kier molecular flexibility index (Phi) is 5.72. The summed E-state index contributed by atoms with van der Waals surface area (Å²) in [5, 5.41) is 9.02. The predicted octanol–water partition coefficient (Wildman–Crippen LogP) is 4.03. The summed E-state index contributed by atoms with van der Waals surface area (Å²) in [6, 6.07) is 14.3. The third-order valence-electron chi connectivity index (χ3n) is 3.99. The molecule has 5 heteroatoms. The summed E-state index contributed by atoms with van der Waals surface area (Å²) in [5.41, 5.74) is 2.98. The molecule has 0 amide bonds. The molecule has 2 aromatic carbocycles. The Hall–Kier alpha value is -2.04. The number of hydrogen-bond donors (Lipinski definition) is 2. The van der Waals surface area contributed by atoms with E-state index in [-0.39, 0.29) is 0 Å². The van der Waals surface area contributed by atoms with Crippen molar-refractivity contribution in [3.05, 3.63) is 42.5 Å². The Labute approximate surface area is 147 Å². The van der Waals surface area contributed by atoms with Crippen molar-refractivity contribution in [1.29, 1.82) is 0 Å². The standard InChI is InChI=1S/C19H22ClN3O/c1-24-18-8-7-17-15(13-14-5-2-3-6-16(14)23-17)19(18)22-11-4-10-21-12-9-20/h2-3,5-8,13,21-22H,4,9-12H2,1H3. The molecule has 2 N–H and O–H groups in total. The molecule has 1 aromatic heterocycles. The van der Waals surface area contributed by atoms with Gasteiger partial charge < -0.3 is 15.4 Å². The number of ether oxygens (including phenoxy) is 1. The van der Waals surface area contributed by atoms with Gasteiger partial charge in [-0.2, -0.15) is 0 Å². The molecule has 0 saturated heterocycles.